The van der Waals surface area contributed by atoms with Gasteiger partial charge in [0.05, 0.1) is 5.57 Å². The number of carbonyl (C=O) groups excluding carboxylic acids is 1. The molecule has 26 heavy (non-hydrogen) atoms. The van der Waals surface area contributed by atoms with Crippen LogP contribution in [0.5, 0.6) is 0 Å². The number of benzene rings is 1. The van der Waals surface area contributed by atoms with Crippen LogP contribution in [-0.4, -0.2) is 24.1 Å². The number of aliphatic hydroxyl groups is 1. The van der Waals surface area contributed by atoms with Gasteiger partial charge in [-0.05, 0) is 91.3 Å². The van der Waals surface area contributed by atoms with E-state index in [9.17, 15) is 9.90 Å². The van der Waals surface area contributed by atoms with E-state index >= 15 is 0 Å². The summed E-state index contributed by atoms with van der Waals surface area (Å²) in [4.78, 5) is 12.9. The highest BCUT2D eigenvalue weighted by molar-refractivity contribution is 6.30. The third-order valence-electron chi connectivity index (χ3n) is 5.51. The van der Waals surface area contributed by atoms with Gasteiger partial charge in [0.2, 0.25) is 0 Å². The Kier molecular flexibility index (Phi) is 6.06. The molecule has 1 aromatic carbocycles. The highest BCUT2D eigenvalue weighted by atomic mass is 35.5. The zero-order valence-corrected chi connectivity index (χ0v) is 16.2. The number of aliphatic hydroxyl groups excluding tert-OH is 1. The molecular formula is C22H25ClO3. The Balaban J connectivity index is 1.85. The Morgan fingerprint density at radius 3 is 2.38 bits per heavy atom. The number of hydrogen-bond acceptors (Lipinski definition) is 3. The minimum Gasteiger partial charge on any atom is -0.512 e. The number of halogens is 1. The number of aryl methyl sites for hydroxylation is 2. The number of ether oxygens (including phenoxy) is 1. The van der Waals surface area contributed by atoms with Crippen molar-refractivity contribution in [1.29, 1.82) is 0 Å². The molecule has 1 aliphatic heterocycles. The first-order valence-electron chi connectivity index (χ1n) is 9.26. The Morgan fingerprint density at radius 1 is 1.15 bits per heavy atom. The van der Waals surface area contributed by atoms with E-state index in [1.165, 1.54) is 0 Å². The van der Waals surface area contributed by atoms with Crippen molar-refractivity contribution in [2.75, 3.05) is 13.2 Å². The highest BCUT2D eigenvalue weighted by Crippen LogP contribution is 2.38. The van der Waals surface area contributed by atoms with E-state index in [0.717, 1.165) is 54.7 Å². The summed E-state index contributed by atoms with van der Waals surface area (Å²) in [5, 5.41) is 13.1. The van der Waals surface area contributed by atoms with Gasteiger partial charge in [0.15, 0.2) is 5.78 Å². The van der Waals surface area contributed by atoms with Crippen LogP contribution in [0.3, 0.4) is 0 Å². The van der Waals surface area contributed by atoms with Gasteiger partial charge in [0.25, 0.3) is 0 Å². The van der Waals surface area contributed by atoms with Crippen LogP contribution in [0.2, 0.25) is 0 Å². The lowest BCUT2D eigenvalue weighted by Crippen LogP contribution is -2.24. The lowest BCUT2D eigenvalue weighted by Gasteiger charge is -2.30. The molecule has 0 amide bonds. The first-order chi connectivity index (χ1) is 12.5. The summed E-state index contributed by atoms with van der Waals surface area (Å²) >= 11 is 5.50. The average Bonchev–Trinajstić information content (AvgIpc) is 2.58. The Labute approximate surface area is 160 Å². The summed E-state index contributed by atoms with van der Waals surface area (Å²) < 4.78 is 5.42. The molecule has 0 radical (unpaired) electrons. The van der Waals surface area contributed by atoms with E-state index < -0.39 is 0 Å². The van der Waals surface area contributed by atoms with Crippen molar-refractivity contribution in [2.24, 2.45) is 11.8 Å². The van der Waals surface area contributed by atoms with Gasteiger partial charge in [-0.2, -0.15) is 0 Å². The van der Waals surface area contributed by atoms with E-state index in [0.29, 0.717) is 24.3 Å². The lowest BCUT2D eigenvalue weighted by atomic mass is 9.77. The molecule has 4 heteroatoms. The first-order valence-corrected chi connectivity index (χ1v) is 9.63. The molecule has 1 heterocycles. The minimum absolute atomic E-state index is 0.0492. The summed E-state index contributed by atoms with van der Waals surface area (Å²) in [6.45, 7) is 5.52. The molecule has 0 aromatic heterocycles. The number of rotatable bonds is 3. The van der Waals surface area contributed by atoms with Crippen LogP contribution in [0.1, 0.15) is 54.4 Å². The van der Waals surface area contributed by atoms with E-state index in [1.807, 2.05) is 26.0 Å². The normalized spacial score (nSPS) is 21.5. The second kappa shape index (κ2) is 8.29. The van der Waals surface area contributed by atoms with Gasteiger partial charge >= 0.3 is 0 Å². The van der Waals surface area contributed by atoms with Gasteiger partial charge in [-0.15, -0.1) is 0 Å². The second-order valence-corrected chi connectivity index (χ2v) is 7.70. The van der Waals surface area contributed by atoms with Crippen LogP contribution in [-0.2, 0) is 9.53 Å². The minimum atomic E-state index is 0.0492. The van der Waals surface area contributed by atoms with Gasteiger partial charge in [-0.1, -0.05) is 0 Å². The maximum absolute atomic E-state index is 12.9. The number of hydrogen-bond donors (Lipinski definition) is 1. The van der Waals surface area contributed by atoms with Crippen molar-refractivity contribution in [2.45, 2.75) is 46.0 Å². The monoisotopic (exact) mass is 372 g/mol. The molecule has 0 spiro atoms. The molecule has 0 bridgehead atoms. The Bertz CT molecular complexity index is 768. The van der Waals surface area contributed by atoms with Gasteiger partial charge in [-0.25, -0.2) is 0 Å². The van der Waals surface area contributed by atoms with Crippen molar-refractivity contribution in [3.8, 4) is 11.3 Å². The fourth-order valence-corrected chi connectivity index (χ4v) is 4.47. The van der Waals surface area contributed by atoms with Crippen LogP contribution in [0, 0.1) is 37.0 Å². The van der Waals surface area contributed by atoms with Crippen molar-refractivity contribution in [1.82, 2.24) is 0 Å². The molecule has 1 aromatic rings. The van der Waals surface area contributed by atoms with Crippen molar-refractivity contribution < 1.29 is 14.6 Å². The number of Topliss-reactive ketones (excluding diaryl/α,β-unsaturated/α-hetero) is 1. The van der Waals surface area contributed by atoms with Gasteiger partial charge in [0, 0.05) is 37.0 Å². The van der Waals surface area contributed by atoms with E-state index in [4.69, 9.17) is 16.3 Å². The zero-order valence-electron chi connectivity index (χ0n) is 15.4. The summed E-state index contributed by atoms with van der Waals surface area (Å²) in [6, 6.07) is 3.83. The van der Waals surface area contributed by atoms with E-state index in [2.05, 4.69) is 11.3 Å². The van der Waals surface area contributed by atoms with Crippen LogP contribution < -0.4 is 0 Å². The summed E-state index contributed by atoms with van der Waals surface area (Å²) in [5.41, 5.74) is 4.04. The van der Waals surface area contributed by atoms with Crippen LogP contribution in [0.4, 0.5) is 0 Å². The SMILES string of the molecule is Cc1cc(C#CCl)cc(C)c1C1=C(O)CC(CC2CCOCC2)CC1=O. The summed E-state index contributed by atoms with van der Waals surface area (Å²) in [5.74, 6) is 3.96. The van der Waals surface area contributed by atoms with Gasteiger partial charge in [0.1, 0.15) is 5.76 Å². The fourth-order valence-electron chi connectivity index (χ4n) is 4.36. The first kappa shape index (κ1) is 19.0. The molecule has 0 saturated carbocycles. The average molecular weight is 373 g/mol. The van der Waals surface area contributed by atoms with E-state index in [1.54, 1.807) is 0 Å². The number of ketones is 1. The molecule has 1 N–H and O–H groups in total. The molecule has 1 atom stereocenters. The third kappa shape index (κ3) is 4.14. The Hall–Kier alpha value is -1.76. The largest absolute Gasteiger partial charge is 0.512 e. The van der Waals surface area contributed by atoms with Crippen LogP contribution in [0.15, 0.2) is 17.9 Å². The fraction of sp³-hybridized carbons (Fsp3) is 0.500. The van der Waals surface area contributed by atoms with Crippen molar-refractivity contribution in [3.63, 3.8) is 0 Å². The lowest BCUT2D eigenvalue weighted by molar-refractivity contribution is -0.115. The molecule has 2 aliphatic rings. The second-order valence-electron chi connectivity index (χ2n) is 7.52. The summed E-state index contributed by atoms with van der Waals surface area (Å²) in [6.07, 6.45) is 4.21. The number of carbonyl (C=O) groups is 1. The molecule has 1 aliphatic carbocycles. The van der Waals surface area contributed by atoms with Crippen molar-refractivity contribution in [3.05, 3.63) is 40.1 Å². The maximum atomic E-state index is 12.9. The predicted molar refractivity (Wildman–Crippen MR) is 104 cm³/mol. The maximum Gasteiger partial charge on any atom is 0.167 e. The van der Waals surface area contributed by atoms with E-state index in [-0.39, 0.29) is 17.5 Å². The molecule has 3 rings (SSSR count). The standard InChI is InChI=1S/C22H25ClO3/c1-14-9-17(3-6-23)10-15(2)21(14)22-19(24)12-18(13-20(22)25)11-16-4-7-26-8-5-16/h9-10,16,18,24H,4-5,7-8,11-13H2,1-2H3. The zero-order chi connectivity index (χ0) is 18.7. The van der Waals surface area contributed by atoms with Gasteiger partial charge < -0.3 is 9.84 Å². The molecule has 3 nitrogen and oxygen atoms in total. The van der Waals surface area contributed by atoms with Crippen LogP contribution >= 0.6 is 11.6 Å². The molecule has 1 fully saturated rings. The quantitative estimate of drug-likeness (QED) is 0.766. The molecule has 1 saturated heterocycles. The highest BCUT2D eigenvalue weighted by Gasteiger charge is 2.31. The third-order valence-corrected chi connectivity index (χ3v) is 5.60. The summed E-state index contributed by atoms with van der Waals surface area (Å²) in [7, 11) is 0. The Morgan fingerprint density at radius 2 is 1.81 bits per heavy atom. The predicted octanol–water partition coefficient (Wildman–Crippen LogP) is 4.92. The topological polar surface area (TPSA) is 46.5 Å². The molecule has 1 unspecified atom stereocenters. The molecular weight excluding hydrogens is 348 g/mol. The number of allylic oxidation sites excluding steroid dienone is 2. The van der Waals surface area contributed by atoms with Gasteiger partial charge in [-0.3, -0.25) is 4.79 Å². The smallest absolute Gasteiger partial charge is 0.167 e. The molecule has 138 valence electrons. The van der Waals surface area contributed by atoms with Crippen LogP contribution in [0.25, 0.3) is 5.57 Å². The van der Waals surface area contributed by atoms with Crippen molar-refractivity contribution >= 4 is 23.0 Å².